The van der Waals surface area contributed by atoms with Gasteiger partial charge in [0.25, 0.3) is 0 Å². The fourth-order valence-corrected chi connectivity index (χ4v) is 3.77. The number of imidazole rings is 1. The van der Waals surface area contributed by atoms with E-state index in [1.54, 1.807) is 0 Å². The largest absolute Gasteiger partial charge is 0.310 e. The third kappa shape index (κ3) is 2.40. The SMILES string of the molecule is Cc1nc2ccccn2c1CNCC1CCCS1. The van der Waals surface area contributed by atoms with Crippen molar-refractivity contribution < 1.29 is 0 Å². The number of rotatable bonds is 4. The van der Waals surface area contributed by atoms with Gasteiger partial charge in [-0.1, -0.05) is 6.07 Å². The molecule has 2 aromatic heterocycles. The smallest absolute Gasteiger partial charge is 0.137 e. The molecule has 3 rings (SSSR count). The zero-order valence-corrected chi connectivity index (χ0v) is 11.5. The zero-order chi connectivity index (χ0) is 12.4. The van der Waals surface area contributed by atoms with Crippen LogP contribution in [0.25, 0.3) is 5.65 Å². The minimum Gasteiger partial charge on any atom is -0.310 e. The maximum Gasteiger partial charge on any atom is 0.137 e. The highest BCUT2D eigenvalue weighted by Gasteiger charge is 2.15. The van der Waals surface area contributed by atoms with Gasteiger partial charge in [0.05, 0.1) is 11.4 Å². The van der Waals surface area contributed by atoms with E-state index in [0.717, 1.165) is 29.7 Å². The van der Waals surface area contributed by atoms with Gasteiger partial charge in [-0.05, 0) is 37.7 Å². The molecule has 2 aromatic rings. The standard InChI is InChI=1S/C14H19N3S/c1-11-13(10-15-9-12-5-4-8-18-12)17-7-3-2-6-14(17)16-11/h2-3,6-7,12,15H,4-5,8-10H2,1H3. The van der Waals surface area contributed by atoms with Crippen LogP contribution in [0.1, 0.15) is 24.2 Å². The van der Waals surface area contributed by atoms with Gasteiger partial charge in [0.1, 0.15) is 5.65 Å². The first-order valence-electron chi connectivity index (χ1n) is 6.59. The van der Waals surface area contributed by atoms with Crippen LogP contribution >= 0.6 is 11.8 Å². The molecule has 1 atom stereocenters. The third-order valence-corrected chi connectivity index (χ3v) is 4.92. The lowest BCUT2D eigenvalue weighted by Crippen LogP contribution is -2.23. The lowest BCUT2D eigenvalue weighted by Gasteiger charge is -2.10. The van der Waals surface area contributed by atoms with Gasteiger partial charge in [-0.15, -0.1) is 0 Å². The van der Waals surface area contributed by atoms with Crippen LogP contribution in [0.3, 0.4) is 0 Å². The molecule has 0 radical (unpaired) electrons. The van der Waals surface area contributed by atoms with Crippen molar-refractivity contribution in [3.63, 3.8) is 0 Å². The Balaban J connectivity index is 1.68. The van der Waals surface area contributed by atoms with E-state index >= 15 is 0 Å². The summed E-state index contributed by atoms with van der Waals surface area (Å²) in [4.78, 5) is 4.58. The molecule has 1 N–H and O–H groups in total. The Kier molecular flexibility index (Phi) is 3.57. The Morgan fingerprint density at radius 1 is 1.50 bits per heavy atom. The Bertz CT molecular complexity index is 529. The summed E-state index contributed by atoms with van der Waals surface area (Å²) in [6, 6.07) is 6.15. The van der Waals surface area contributed by atoms with Gasteiger partial charge < -0.3 is 9.72 Å². The molecule has 1 aliphatic heterocycles. The van der Waals surface area contributed by atoms with E-state index < -0.39 is 0 Å². The molecule has 1 aliphatic rings. The number of aromatic nitrogens is 2. The number of thioether (sulfide) groups is 1. The second-order valence-corrected chi connectivity index (χ2v) is 6.25. The van der Waals surface area contributed by atoms with E-state index in [2.05, 4.69) is 51.7 Å². The Morgan fingerprint density at radius 2 is 2.44 bits per heavy atom. The number of nitrogens with zero attached hydrogens (tertiary/aromatic N) is 2. The number of pyridine rings is 1. The van der Waals surface area contributed by atoms with Gasteiger partial charge in [0.15, 0.2) is 0 Å². The summed E-state index contributed by atoms with van der Waals surface area (Å²) in [6.07, 6.45) is 4.84. The minimum atomic E-state index is 0.810. The molecule has 0 spiro atoms. The van der Waals surface area contributed by atoms with Crippen LogP contribution in [0, 0.1) is 6.92 Å². The van der Waals surface area contributed by atoms with Crippen molar-refractivity contribution in [1.29, 1.82) is 0 Å². The molecule has 0 aromatic carbocycles. The highest BCUT2D eigenvalue weighted by molar-refractivity contribution is 8.00. The molecule has 0 amide bonds. The maximum atomic E-state index is 4.58. The second kappa shape index (κ2) is 5.33. The average Bonchev–Trinajstić information content (AvgIpc) is 2.98. The summed E-state index contributed by atoms with van der Waals surface area (Å²) in [5.74, 6) is 1.33. The van der Waals surface area contributed by atoms with Crippen molar-refractivity contribution in [3.8, 4) is 0 Å². The van der Waals surface area contributed by atoms with Crippen LogP contribution in [0.5, 0.6) is 0 Å². The van der Waals surface area contributed by atoms with Crippen LogP contribution in [0.2, 0.25) is 0 Å². The first-order chi connectivity index (χ1) is 8.84. The van der Waals surface area contributed by atoms with E-state index in [1.807, 2.05) is 6.07 Å². The van der Waals surface area contributed by atoms with Crippen LogP contribution in [0.15, 0.2) is 24.4 Å². The van der Waals surface area contributed by atoms with E-state index in [1.165, 1.54) is 24.3 Å². The topological polar surface area (TPSA) is 29.3 Å². The zero-order valence-electron chi connectivity index (χ0n) is 10.7. The van der Waals surface area contributed by atoms with Gasteiger partial charge in [-0.25, -0.2) is 4.98 Å². The predicted octanol–water partition coefficient (Wildman–Crippen LogP) is 2.63. The van der Waals surface area contributed by atoms with Crippen LogP contribution < -0.4 is 5.32 Å². The molecular weight excluding hydrogens is 242 g/mol. The first kappa shape index (κ1) is 12.1. The Hall–Kier alpha value is -1.00. The monoisotopic (exact) mass is 261 g/mol. The van der Waals surface area contributed by atoms with E-state index in [4.69, 9.17) is 0 Å². The Labute approximate surface area is 112 Å². The minimum absolute atomic E-state index is 0.810. The van der Waals surface area contributed by atoms with E-state index in [9.17, 15) is 0 Å². The van der Waals surface area contributed by atoms with E-state index in [0.29, 0.717) is 0 Å². The fourth-order valence-electron chi connectivity index (χ4n) is 2.53. The van der Waals surface area contributed by atoms with Gasteiger partial charge >= 0.3 is 0 Å². The number of hydrogen-bond donors (Lipinski definition) is 1. The lowest BCUT2D eigenvalue weighted by atomic mass is 10.2. The summed E-state index contributed by atoms with van der Waals surface area (Å²) in [5.41, 5.74) is 3.46. The number of hydrogen-bond acceptors (Lipinski definition) is 3. The molecular formula is C14H19N3S. The summed E-state index contributed by atoms with van der Waals surface area (Å²) in [6.45, 7) is 4.12. The predicted molar refractivity (Wildman–Crippen MR) is 77.1 cm³/mol. The average molecular weight is 261 g/mol. The Morgan fingerprint density at radius 3 is 3.28 bits per heavy atom. The maximum absolute atomic E-state index is 4.58. The van der Waals surface area contributed by atoms with Crippen molar-refractivity contribution in [2.75, 3.05) is 12.3 Å². The lowest BCUT2D eigenvalue weighted by molar-refractivity contribution is 0.633. The summed E-state index contributed by atoms with van der Waals surface area (Å²) in [5, 5.41) is 4.39. The summed E-state index contributed by atoms with van der Waals surface area (Å²) in [7, 11) is 0. The molecule has 1 unspecified atom stereocenters. The molecule has 0 saturated carbocycles. The third-order valence-electron chi connectivity index (χ3n) is 3.52. The molecule has 96 valence electrons. The van der Waals surface area contributed by atoms with Gasteiger partial charge in [-0.3, -0.25) is 0 Å². The van der Waals surface area contributed by atoms with Crippen LogP contribution in [-0.4, -0.2) is 26.9 Å². The molecule has 0 bridgehead atoms. The first-order valence-corrected chi connectivity index (χ1v) is 7.64. The van der Waals surface area contributed by atoms with Crippen molar-refractivity contribution in [1.82, 2.24) is 14.7 Å². The summed E-state index contributed by atoms with van der Waals surface area (Å²) >= 11 is 2.10. The summed E-state index contributed by atoms with van der Waals surface area (Å²) < 4.78 is 2.18. The second-order valence-electron chi connectivity index (χ2n) is 4.84. The van der Waals surface area contributed by atoms with Gasteiger partial charge in [0.2, 0.25) is 0 Å². The van der Waals surface area contributed by atoms with E-state index in [-0.39, 0.29) is 0 Å². The number of nitrogens with one attached hydrogen (secondary N) is 1. The van der Waals surface area contributed by atoms with Crippen molar-refractivity contribution in [2.24, 2.45) is 0 Å². The van der Waals surface area contributed by atoms with Gasteiger partial charge in [-0.2, -0.15) is 11.8 Å². The molecule has 3 heterocycles. The highest BCUT2D eigenvalue weighted by Crippen LogP contribution is 2.25. The fraction of sp³-hybridized carbons (Fsp3) is 0.500. The molecule has 18 heavy (non-hydrogen) atoms. The normalized spacial score (nSPS) is 19.7. The van der Waals surface area contributed by atoms with Crippen molar-refractivity contribution in [2.45, 2.75) is 31.6 Å². The van der Waals surface area contributed by atoms with Crippen molar-refractivity contribution in [3.05, 3.63) is 35.8 Å². The molecule has 0 aliphatic carbocycles. The van der Waals surface area contributed by atoms with Crippen LogP contribution in [0.4, 0.5) is 0 Å². The quantitative estimate of drug-likeness (QED) is 0.917. The highest BCUT2D eigenvalue weighted by atomic mass is 32.2. The number of aryl methyl sites for hydroxylation is 1. The van der Waals surface area contributed by atoms with Gasteiger partial charge in [0, 0.05) is 24.5 Å². The van der Waals surface area contributed by atoms with Crippen molar-refractivity contribution >= 4 is 17.4 Å². The molecule has 1 saturated heterocycles. The molecule has 4 heteroatoms. The number of fused-ring (bicyclic) bond motifs is 1. The van der Waals surface area contributed by atoms with Crippen LogP contribution in [-0.2, 0) is 6.54 Å². The molecule has 1 fully saturated rings. The molecule has 3 nitrogen and oxygen atoms in total.